The lowest BCUT2D eigenvalue weighted by Crippen LogP contribution is -2.26. The minimum absolute atomic E-state index is 0.0555. The third-order valence-electron chi connectivity index (χ3n) is 2.05. The summed E-state index contributed by atoms with van der Waals surface area (Å²) in [7, 11) is 0. The van der Waals surface area contributed by atoms with E-state index < -0.39 is 11.7 Å². The van der Waals surface area contributed by atoms with E-state index in [1.165, 1.54) is 0 Å². The van der Waals surface area contributed by atoms with Gasteiger partial charge >= 0.3 is 5.97 Å². The van der Waals surface area contributed by atoms with Gasteiger partial charge in [-0.15, -0.1) is 0 Å². The highest BCUT2D eigenvalue weighted by atomic mass is 16.5. The Balaban J connectivity index is 3.75. The average molecular weight is 190 g/mol. The van der Waals surface area contributed by atoms with Gasteiger partial charge in [-0.05, 0) is 20.3 Å². The van der Waals surface area contributed by atoms with Crippen molar-refractivity contribution in [3.8, 4) is 0 Å². The average Bonchev–Trinajstić information content (AvgIpc) is 2.03. The van der Waals surface area contributed by atoms with Crippen LogP contribution < -0.4 is 0 Å². The van der Waals surface area contributed by atoms with Crippen molar-refractivity contribution >= 4 is 5.97 Å². The van der Waals surface area contributed by atoms with Crippen molar-refractivity contribution in [3.05, 3.63) is 0 Å². The van der Waals surface area contributed by atoms with Crippen LogP contribution in [0.1, 0.15) is 33.6 Å². The molecule has 0 radical (unpaired) electrons. The largest absolute Gasteiger partial charge is 0.465 e. The second kappa shape index (κ2) is 5.19. The molecule has 0 saturated carbocycles. The lowest BCUT2D eigenvalue weighted by molar-refractivity contribution is -0.156. The molecule has 0 aromatic heterocycles. The minimum atomic E-state index is -1.41. The van der Waals surface area contributed by atoms with Gasteiger partial charge in [-0.3, -0.25) is 4.79 Å². The predicted molar refractivity (Wildman–Crippen MR) is 47.9 cm³/mol. The van der Waals surface area contributed by atoms with E-state index in [0.717, 1.165) is 0 Å². The van der Waals surface area contributed by atoms with Gasteiger partial charge in [-0.1, -0.05) is 6.92 Å². The molecule has 13 heavy (non-hydrogen) atoms. The molecule has 0 aliphatic heterocycles. The van der Waals surface area contributed by atoms with E-state index in [0.29, 0.717) is 6.42 Å². The van der Waals surface area contributed by atoms with Gasteiger partial charge in [0.05, 0.1) is 12.0 Å². The number of esters is 1. The third-order valence-corrected chi connectivity index (χ3v) is 2.05. The van der Waals surface area contributed by atoms with Crippen LogP contribution in [-0.4, -0.2) is 29.1 Å². The number of aliphatic hydroxyl groups is 2. The van der Waals surface area contributed by atoms with Crippen LogP contribution in [0.2, 0.25) is 0 Å². The van der Waals surface area contributed by atoms with Crippen molar-refractivity contribution in [3.63, 3.8) is 0 Å². The van der Waals surface area contributed by atoms with Crippen LogP contribution in [0.25, 0.3) is 0 Å². The van der Waals surface area contributed by atoms with Crippen LogP contribution in [0.15, 0.2) is 0 Å². The first-order chi connectivity index (χ1) is 5.90. The number of hydrogen-bond acceptors (Lipinski definition) is 4. The van der Waals surface area contributed by atoms with Crippen molar-refractivity contribution < 1.29 is 19.7 Å². The zero-order chi connectivity index (χ0) is 10.5. The third kappa shape index (κ3) is 4.85. The van der Waals surface area contributed by atoms with Gasteiger partial charge in [-0.25, -0.2) is 0 Å². The Morgan fingerprint density at radius 3 is 2.38 bits per heavy atom. The quantitative estimate of drug-likeness (QED) is 0.494. The zero-order valence-corrected chi connectivity index (χ0v) is 8.41. The second-order valence-corrected chi connectivity index (χ2v) is 3.64. The molecule has 0 aliphatic rings. The maximum atomic E-state index is 11.3. The monoisotopic (exact) mass is 190 g/mol. The van der Waals surface area contributed by atoms with E-state index in [-0.39, 0.29) is 19.0 Å². The number of carbonyl (C=O) groups is 1. The predicted octanol–water partition coefficient (Wildman–Crippen LogP) is 0.667. The summed E-state index contributed by atoms with van der Waals surface area (Å²) in [5, 5.41) is 17.0. The Labute approximate surface area is 78.5 Å². The van der Waals surface area contributed by atoms with E-state index in [9.17, 15) is 4.79 Å². The molecular weight excluding hydrogens is 172 g/mol. The normalized spacial score (nSPS) is 11.8. The molecule has 0 rings (SSSR count). The van der Waals surface area contributed by atoms with Crippen LogP contribution in [-0.2, 0) is 9.53 Å². The first kappa shape index (κ1) is 12.4. The summed E-state index contributed by atoms with van der Waals surface area (Å²) in [5.74, 6) is -0.296. The molecule has 0 spiro atoms. The van der Waals surface area contributed by atoms with E-state index in [1.807, 2.05) is 6.92 Å². The molecule has 0 fully saturated rings. The first-order valence-electron chi connectivity index (χ1n) is 4.43. The molecule has 0 aromatic rings. The molecule has 0 heterocycles. The molecule has 78 valence electrons. The fourth-order valence-electron chi connectivity index (χ4n) is 0.597. The lowest BCUT2D eigenvalue weighted by atomic mass is 9.91. The van der Waals surface area contributed by atoms with Crippen LogP contribution in [0.5, 0.6) is 0 Å². The van der Waals surface area contributed by atoms with Gasteiger partial charge in [0.1, 0.15) is 0 Å². The van der Waals surface area contributed by atoms with E-state index >= 15 is 0 Å². The molecule has 0 saturated heterocycles. The highest BCUT2D eigenvalue weighted by Crippen LogP contribution is 2.21. The standard InChI is InChI=1S/C9H18O4/c1-4-9(2,3)8(12)13-6-5-7(10)11/h7,10-11H,4-6H2,1-3H3. The van der Waals surface area contributed by atoms with Crippen molar-refractivity contribution in [2.75, 3.05) is 6.61 Å². The topological polar surface area (TPSA) is 66.8 Å². The van der Waals surface area contributed by atoms with Crippen LogP contribution >= 0.6 is 0 Å². The van der Waals surface area contributed by atoms with Gasteiger partial charge in [0.2, 0.25) is 0 Å². The maximum absolute atomic E-state index is 11.3. The Bertz CT molecular complexity index is 163. The molecule has 4 heteroatoms. The molecule has 4 nitrogen and oxygen atoms in total. The molecule has 0 atom stereocenters. The highest BCUT2D eigenvalue weighted by molar-refractivity contribution is 5.75. The number of ether oxygens (including phenoxy) is 1. The molecule has 0 amide bonds. The van der Waals surface area contributed by atoms with Crippen molar-refractivity contribution in [1.82, 2.24) is 0 Å². The maximum Gasteiger partial charge on any atom is 0.311 e. The summed E-state index contributed by atoms with van der Waals surface area (Å²) in [6.45, 7) is 5.55. The minimum Gasteiger partial charge on any atom is -0.465 e. The Morgan fingerprint density at radius 2 is 2.00 bits per heavy atom. The summed E-state index contributed by atoms with van der Waals surface area (Å²) in [4.78, 5) is 11.3. The molecule has 0 bridgehead atoms. The number of hydrogen-bond donors (Lipinski definition) is 2. The number of carbonyl (C=O) groups excluding carboxylic acids is 1. The number of aliphatic hydroxyl groups excluding tert-OH is 1. The van der Waals surface area contributed by atoms with Gasteiger partial charge < -0.3 is 14.9 Å². The van der Waals surface area contributed by atoms with Gasteiger partial charge in [0.15, 0.2) is 6.29 Å². The van der Waals surface area contributed by atoms with Gasteiger partial charge in [0.25, 0.3) is 0 Å². The number of rotatable bonds is 5. The zero-order valence-electron chi connectivity index (χ0n) is 8.41. The van der Waals surface area contributed by atoms with E-state index in [1.54, 1.807) is 13.8 Å². The molecule has 0 aromatic carbocycles. The van der Waals surface area contributed by atoms with E-state index in [2.05, 4.69) is 0 Å². The van der Waals surface area contributed by atoms with Crippen LogP contribution in [0, 0.1) is 5.41 Å². The first-order valence-corrected chi connectivity index (χ1v) is 4.43. The smallest absolute Gasteiger partial charge is 0.311 e. The summed E-state index contributed by atoms with van der Waals surface area (Å²) in [6, 6.07) is 0. The molecule has 0 unspecified atom stereocenters. The second-order valence-electron chi connectivity index (χ2n) is 3.64. The van der Waals surface area contributed by atoms with Gasteiger partial charge in [-0.2, -0.15) is 0 Å². The summed E-state index contributed by atoms with van der Waals surface area (Å²) in [5.41, 5.74) is -0.486. The van der Waals surface area contributed by atoms with Crippen LogP contribution in [0.4, 0.5) is 0 Å². The lowest BCUT2D eigenvalue weighted by Gasteiger charge is -2.20. The molecule has 0 aliphatic carbocycles. The highest BCUT2D eigenvalue weighted by Gasteiger charge is 2.26. The summed E-state index contributed by atoms with van der Waals surface area (Å²) in [6.07, 6.45) is -0.642. The fourth-order valence-corrected chi connectivity index (χ4v) is 0.597. The Hall–Kier alpha value is -0.610. The fraction of sp³-hybridized carbons (Fsp3) is 0.889. The SMILES string of the molecule is CCC(C)(C)C(=O)OCCC(O)O. The molecular formula is C9H18O4. The van der Waals surface area contributed by atoms with Crippen molar-refractivity contribution in [2.45, 2.75) is 39.9 Å². The van der Waals surface area contributed by atoms with E-state index in [4.69, 9.17) is 14.9 Å². The van der Waals surface area contributed by atoms with Crippen molar-refractivity contribution in [2.24, 2.45) is 5.41 Å². The Morgan fingerprint density at radius 1 is 1.46 bits per heavy atom. The molecule has 2 N–H and O–H groups in total. The van der Waals surface area contributed by atoms with Gasteiger partial charge in [0, 0.05) is 6.42 Å². The summed E-state index contributed by atoms with van der Waals surface area (Å²) < 4.78 is 4.85. The Kier molecular flexibility index (Phi) is 4.95. The van der Waals surface area contributed by atoms with Crippen molar-refractivity contribution in [1.29, 1.82) is 0 Å². The van der Waals surface area contributed by atoms with Crippen LogP contribution in [0.3, 0.4) is 0 Å². The summed E-state index contributed by atoms with van der Waals surface area (Å²) >= 11 is 0.